The summed E-state index contributed by atoms with van der Waals surface area (Å²) in [5.41, 5.74) is 2.28. The van der Waals surface area contributed by atoms with E-state index in [4.69, 9.17) is 0 Å². The lowest BCUT2D eigenvalue weighted by atomic mass is 10.2. The van der Waals surface area contributed by atoms with E-state index in [1.165, 1.54) is 5.56 Å². The van der Waals surface area contributed by atoms with Gasteiger partial charge >= 0.3 is 5.97 Å². The van der Waals surface area contributed by atoms with E-state index in [2.05, 4.69) is 36.2 Å². The van der Waals surface area contributed by atoms with E-state index in [1.807, 2.05) is 12.1 Å². The summed E-state index contributed by atoms with van der Waals surface area (Å²) in [7, 11) is 0. The minimum absolute atomic E-state index is 0.400. The lowest BCUT2D eigenvalue weighted by molar-refractivity contribution is -0.139. The van der Waals surface area contributed by atoms with Gasteiger partial charge in [-0.1, -0.05) is 12.1 Å². The third kappa shape index (κ3) is 3.96. The largest absolute Gasteiger partial charge is 0.480 e. The predicted molar refractivity (Wildman–Crippen MR) is 76.6 cm³/mol. The van der Waals surface area contributed by atoms with Crippen LogP contribution in [0.15, 0.2) is 24.3 Å². The number of carbonyl (C=O) groups is 1. The summed E-state index contributed by atoms with van der Waals surface area (Å²) < 4.78 is 0. The van der Waals surface area contributed by atoms with Gasteiger partial charge in [-0.3, -0.25) is 4.79 Å². The van der Waals surface area contributed by atoms with E-state index < -0.39 is 12.0 Å². The van der Waals surface area contributed by atoms with Gasteiger partial charge in [-0.05, 0) is 44.4 Å². The third-order valence-corrected chi connectivity index (χ3v) is 3.46. The predicted octanol–water partition coefficient (Wildman–Crippen LogP) is 2.03. The van der Waals surface area contributed by atoms with Crippen molar-refractivity contribution in [3.05, 3.63) is 29.8 Å². The second-order valence-corrected chi connectivity index (χ2v) is 5.21. The Bertz CT molecular complexity index is 444. The van der Waals surface area contributed by atoms with E-state index in [0.29, 0.717) is 12.6 Å². The molecule has 1 saturated carbocycles. The lowest BCUT2D eigenvalue weighted by Gasteiger charge is -2.27. The average molecular weight is 262 g/mol. The first-order valence-electron chi connectivity index (χ1n) is 6.90. The Morgan fingerprint density at radius 1 is 1.53 bits per heavy atom. The minimum Gasteiger partial charge on any atom is -0.480 e. The monoisotopic (exact) mass is 262 g/mol. The van der Waals surface area contributed by atoms with Crippen LogP contribution in [-0.2, 0) is 4.79 Å². The molecule has 104 valence electrons. The molecular weight excluding hydrogens is 240 g/mol. The number of likely N-dealkylation sites (N-methyl/N-ethyl adjacent to an activating group) is 1. The summed E-state index contributed by atoms with van der Waals surface area (Å²) >= 11 is 0. The Morgan fingerprint density at radius 3 is 2.79 bits per heavy atom. The van der Waals surface area contributed by atoms with Crippen LogP contribution < -0.4 is 10.2 Å². The van der Waals surface area contributed by atoms with Gasteiger partial charge in [-0.15, -0.1) is 0 Å². The van der Waals surface area contributed by atoms with Gasteiger partial charge in [0.05, 0.1) is 0 Å². The van der Waals surface area contributed by atoms with E-state index in [0.717, 1.165) is 25.1 Å². The Kier molecular flexibility index (Phi) is 4.43. The van der Waals surface area contributed by atoms with Crippen LogP contribution in [0, 0.1) is 6.92 Å². The number of hydrogen-bond donors (Lipinski definition) is 2. The fourth-order valence-electron chi connectivity index (χ4n) is 2.20. The van der Waals surface area contributed by atoms with Crippen molar-refractivity contribution < 1.29 is 9.90 Å². The molecule has 0 amide bonds. The molecule has 0 heterocycles. The van der Waals surface area contributed by atoms with Crippen molar-refractivity contribution in [1.82, 2.24) is 5.32 Å². The van der Waals surface area contributed by atoms with Crippen LogP contribution in [0.3, 0.4) is 0 Å². The molecule has 1 atom stereocenters. The standard InChI is InChI=1S/C15H22N2O2/c1-3-17(13-6-4-5-11(2)9-13)10-14(15(18)19)16-12-7-8-12/h4-6,9,12,14,16H,3,7-8,10H2,1-2H3,(H,18,19). The Morgan fingerprint density at radius 2 is 2.26 bits per heavy atom. The van der Waals surface area contributed by atoms with E-state index in [1.54, 1.807) is 0 Å². The molecule has 19 heavy (non-hydrogen) atoms. The molecule has 1 aliphatic carbocycles. The van der Waals surface area contributed by atoms with Gasteiger partial charge in [0.2, 0.25) is 0 Å². The number of hydrogen-bond acceptors (Lipinski definition) is 3. The number of aryl methyl sites for hydroxylation is 1. The Labute approximate surface area is 114 Å². The van der Waals surface area contributed by atoms with Gasteiger partial charge < -0.3 is 15.3 Å². The fourth-order valence-corrected chi connectivity index (χ4v) is 2.20. The normalized spacial score (nSPS) is 16.1. The van der Waals surface area contributed by atoms with Crippen molar-refractivity contribution in [2.24, 2.45) is 0 Å². The zero-order chi connectivity index (χ0) is 13.8. The molecule has 0 radical (unpaired) electrons. The number of carboxylic acid groups (broad SMARTS) is 1. The van der Waals surface area contributed by atoms with Gasteiger partial charge in [0.15, 0.2) is 0 Å². The maximum atomic E-state index is 11.3. The third-order valence-electron chi connectivity index (χ3n) is 3.46. The maximum Gasteiger partial charge on any atom is 0.322 e. The van der Waals surface area contributed by atoms with E-state index in [-0.39, 0.29) is 0 Å². The maximum absolute atomic E-state index is 11.3. The average Bonchev–Trinajstić information content (AvgIpc) is 3.18. The molecule has 0 aromatic heterocycles. The van der Waals surface area contributed by atoms with Crippen LogP contribution in [0.4, 0.5) is 5.69 Å². The van der Waals surface area contributed by atoms with Crippen molar-refractivity contribution >= 4 is 11.7 Å². The summed E-state index contributed by atoms with van der Waals surface area (Å²) in [4.78, 5) is 13.4. The number of benzene rings is 1. The first-order chi connectivity index (χ1) is 9.10. The quantitative estimate of drug-likeness (QED) is 0.789. The molecule has 4 heteroatoms. The fraction of sp³-hybridized carbons (Fsp3) is 0.533. The molecule has 4 nitrogen and oxygen atoms in total. The second-order valence-electron chi connectivity index (χ2n) is 5.21. The van der Waals surface area contributed by atoms with Crippen LogP contribution in [0.2, 0.25) is 0 Å². The van der Waals surface area contributed by atoms with Crippen LogP contribution in [0.1, 0.15) is 25.3 Å². The minimum atomic E-state index is -0.766. The first kappa shape index (κ1) is 13.9. The molecule has 0 saturated heterocycles. The SMILES string of the molecule is CCN(CC(NC1CC1)C(=O)O)c1cccc(C)c1. The highest BCUT2D eigenvalue weighted by molar-refractivity contribution is 5.74. The van der Waals surface area contributed by atoms with Crippen molar-refractivity contribution in [2.75, 3.05) is 18.0 Å². The van der Waals surface area contributed by atoms with Gasteiger partial charge in [-0.2, -0.15) is 0 Å². The smallest absolute Gasteiger partial charge is 0.322 e. The summed E-state index contributed by atoms with van der Waals surface area (Å²) in [5, 5.41) is 12.5. The summed E-state index contributed by atoms with van der Waals surface area (Å²) in [6.07, 6.45) is 2.20. The second kappa shape index (κ2) is 6.06. The highest BCUT2D eigenvalue weighted by Gasteiger charge is 2.29. The number of carboxylic acids is 1. The summed E-state index contributed by atoms with van der Waals surface area (Å²) in [6, 6.07) is 8.10. The molecule has 0 bridgehead atoms. The molecule has 0 spiro atoms. The van der Waals surface area contributed by atoms with Gasteiger partial charge in [-0.25, -0.2) is 0 Å². The number of nitrogens with zero attached hydrogens (tertiary/aromatic N) is 1. The Balaban J connectivity index is 2.05. The highest BCUT2D eigenvalue weighted by atomic mass is 16.4. The summed E-state index contributed by atoms with van der Waals surface area (Å²) in [5.74, 6) is -0.766. The number of nitrogens with one attached hydrogen (secondary N) is 1. The summed E-state index contributed by atoms with van der Waals surface area (Å²) in [6.45, 7) is 5.41. The van der Waals surface area contributed by atoms with Gasteiger partial charge in [0, 0.05) is 24.8 Å². The van der Waals surface area contributed by atoms with Crippen molar-refractivity contribution in [2.45, 2.75) is 38.8 Å². The number of aliphatic carboxylic acids is 1. The molecule has 1 aromatic carbocycles. The van der Waals surface area contributed by atoms with Crippen LogP contribution in [-0.4, -0.2) is 36.2 Å². The zero-order valence-corrected chi connectivity index (χ0v) is 11.6. The van der Waals surface area contributed by atoms with Crippen LogP contribution >= 0.6 is 0 Å². The first-order valence-corrected chi connectivity index (χ1v) is 6.90. The van der Waals surface area contributed by atoms with Gasteiger partial charge in [0.1, 0.15) is 6.04 Å². The molecule has 1 aliphatic rings. The molecule has 1 unspecified atom stereocenters. The van der Waals surface area contributed by atoms with Crippen LogP contribution in [0.25, 0.3) is 0 Å². The zero-order valence-electron chi connectivity index (χ0n) is 11.6. The van der Waals surface area contributed by atoms with Gasteiger partial charge in [0.25, 0.3) is 0 Å². The van der Waals surface area contributed by atoms with E-state index >= 15 is 0 Å². The van der Waals surface area contributed by atoms with Crippen LogP contribution in [0.5, 0.6) is 0 Å². The lowest BCUT2D eigenvalue weighted by Crippen LogP contribution is -2.47. The molecule has 2 N–H and O–H groups in total. The topological polar surface area (TPSA) is 52.6 Å². The Hall–Kier alpha value is -1.55. The molecule has 2 rings (SSSR count). The number of rotatable bonds is 7. The van der Waals surface area contributed by atoms with Crippen molar-refractivity contribution in [3.8, 4) is 0 Å². The molecular formula is C15H22N2O2. The highest BCUT2D eigenvalue weighted by Crippen LogP contribution is 2.21. The molecule has 0 aliphatic heterocycles. The molecule has 1 aromatic rings. The van der Waals surface area contributed by atoms with Crippen molar-refractivity contribution in [1.29, 1.82) is 0 Å². The van der Waals surface area contributed by atoms with Crippen molar-refractivity contribution in [3.63, 3.8) is 0 Å². The number of anilines is 1. The molecule has 1 fully saturated rings. The van der Waals surface area contributed by atoms with E-state index in [9.17, 15) is 9.90 Å².